The molecule has 7 nitrogen and oxygen atoms in total. The van der Waals surface area contributed by atoms with Crippen molar-refractivity contribution in [3.05, 3.63) is 63.5 Å². The van der Waals surface area contributed by atoms with Gasteiger partial charge in [-0.3, -0.25) is 4.79 Å². The molecule has 0 aliphatic carbocycles. The second-order valence-corrected chi connectivity index (χ2v) is 5.37. The summed E-state index contributed by atoms with van der Waals surface area (Å²) in [6, 6.07) is 6.40. The second-order valence-electron chi connectivity index (χ2n) is 5.37. The number of hydrogen-bond donors (Lipinski definition) is 3. The molecule has 0 atom stereocenters. The zero-order chi connectivity index (χ0) is 18.8. The maximum Gasteiger partial charge on any atom is 0.339 e. The van der Waals surface area contributed by atoms with E-state index in [1.165, 1.54) is 43.5 Å². The molecular formula is C18H13FN2O5. The predicted octanol–water partition coefficient (Wildman–Crippen LogP) is 2.65. The lowest BCUT2D eigenvalue weighted by Crippen LogP contribution is -2.10. The van der Waals surface area contributed by atoms with Gasteiger partial charge in [0.25, 0.3) is 5.56 Å². The number of hydrogen-bond acceptors (Lipinski definition) is 5. The topological polar surface area (TPSA) is 113 Å². The molecule has 8 heteroatoms. The first-order valence-corrected chi connectivity index (χ1v) is 7.41. The summed E-state index contributed by atoms with van der Waals surface area (Å²) < 4.78 is 18.7. The maximum atomic E-state index is 13.8. The Labute approximate surface area is 146 Å². The standard InChI is InChI=1S/C18H13FN2O5/c1-26-15-7-10-13(8-12(15)19)20-16(21-17(10)23)5-3-9-2-4-14(22)11(6-9)18(24)25/h2-8,22H,1H3,(H,24,25)(H,20,21,23)/b5-3+. The molecule has 0 unspecified atom stereocenters. The van der Waals surface area contributed by atoms with Crippen LogP contribution in [-0.2, 0) is 0 Å². The molecule has 0 spiro atoms. The molecular weight excluding hydrogens is 343 g/mol. The summed E-state index contributed by atoms with van der Waals surface area (Å²) in [5.41, 5.74) is -0.0846. The fourth-order valence-electron chi connectivity index (χ4n) is 2.40. The number of methoxy groups -OCH3 is 1. The molecule has 0 aliphatic rings. The average Bonchev–Trinajstić information content (AvgIpc) is 2.60. The van der Waals surface area contributed by atoms with Crippen LogP contribution in [0.5, 0.6) is 11.5 Å². The number of rotatable bonds is 4. The average molecular weight is 356 g/mol. The molecule has 0 fully saturated rings. The fraction of sp³-hybridized carbons (Fsp3) is 0.0556. The van der Waals surface area contributed by atoms with Crippen molar-refractivity contribution < 1.29 is 24.1 Å². The van der Waals surface area contributed by atoms with Crippen molar-refractivity contribution in [1.82, 2.24) is 9.97 Å². The highest BCUT2D eigenvalue weighted by molar-refractivity contribution is 5.92. The van der Waals surface area contributed by atoms with Crippen LogP contribution in [-0.4, -0.2) is 33.3 Å². The van der Waals surface area contributed by atoms with Crippen molar-refractivity contribution in [2.24, 2.45) is 0 Å². The largest absolute Gasteiger partial charge is 0.507 e. The normalized spacial score (nSPS) is 11.2. The Balaban J connectivity index is 2.01. The molecule has 0 saturated heterocycles. The summed E-state index contributed by atoms with van der Waals surface area (Å²) in [5.74, 6) is -2.15. The Bertz CT molecular complexity index is 1100. The van der Waals surface area contributed by atoms with Crippen LogP contribution in [0.2, 0.25) is 0 Å². The minimum absolute atomic E-state index is 0.0571. The molecule has 0 bridgehead atoms. The minimum atomic E-state index is -1.26. The second kappa shape index (κ2) is 6.67. The van der Waals surface area contributed by atoms with Gasteiger partial charge in [-0.1, -0.05) is 12.1 Å². The third kappa shape index (κ3) is 3.25. The maximum absolute atomic E-state index is 13.8. The van der Waals surface area contributed by atoms with Gasteiger partial charge in [0.15, 0.2) is 11.6 Å². The summed E-state index contributed by atoms with van der Waals surface area (Å²) in [4.78, 5) is 29.9. The van der Waals surface area contributed by atoms with E-state index in [1.54, 1.807) is 0 Å². The van der Waals surface area contributed by atoms with Crippen molar-refractivity contribution >= 4 is 29.0 Å². The molecule has 0 amide bonds. The molecule has 3 aromatic rings. The number of carboxylic acid groups (broad SMARTS) is 1. The van der Waals surface area contributed by atoms with Gasteiger partial charge in [-0.05, 0) is 29.8 Å². The lowest BCUT2D eigenvalue weighted by molar-refractivity contribution is 0.0693. The number of aromatic nitrogens is 2. The Morgan fingerprint density at radius 2 is 2.04 bits per heavy atom. The number of nitrogens with zero attached hydrogens (tertiary/aromatic N) is 1. The zero-order valence-corrected chi connectivity index (χ0v) is 13.5. The first-order chi connectivity index (χ1) is 12.4. The zero-order valence-electron chi connectivity index (χ0n) is 13.5. The number of aromatic amines is 1. The number of carboxylic acids is 1. The van der Waals surface area contributed by atoms with Crippen LogP contribution in [0.1, 0.15) is 21.7 Å². The highest BCUT2D eigenvalue weighted by atomic mass is 19.1. The number of phenols is 1. The van der Waals surface area contributed by atoms with Crippen molar-refractivity contribution in [1.29, 1.82) is 0 Å². The molecule has 0 saturated carbocycles. The highest BCUT2D eigenvalue weighted by Gasteiger charge is 2.10. The van der Waals surface area contributed by atoms with Gasteiger partial charge in [-0.2, -0.15) is 0 Å². The van der Waals surface area contributed by atoms with Gasteiger partial charge in [-0.25, -0.2) is 14.2 Å². The number of fused-ring (bicyclic) bond motifs is 1. The van der Waals surface area contributed by atoms with Crippen LogP contribution in [0.4, 0.5) is 4.39 Å². The SMILES string of the molecule is COc1cc2c(=O)[nH]c(/C=C/c3ccc(O)c(C(=O)O)c3)nc2cc1F. The van der Waals surface area contributed by atoms with Crippen LogP contribution in [0.3, 0.4) is 0 Å². The highest BCUT2D eigenvalue weighted by Crippen LogP contribution is 2.22. The van der Waals surface area contributed by atoms with Gasteiger partial charge >= 0.3 is 5.97 Å². The number of nitrogens with one attached hydrogen (secondary N) is 1. The Hall–Kier alpha value is -3.68. The molecule has 1 aromatic heterocycles. The van der Waals surface area contributed by atoms with Crippen molar-refractivity contribution in [2.75, 3.05) is 7.11 Å². The fourth-order valence-corrected chi connectivity index (χ4v) is 2.40. The summed E-state index contributed by atoms with van der Waals surface area (Å²) in [7, 11) is 1.30. The van der Waals surface area contributed by atoms with E-state index in [0.717, 1.165) is 6.07 Å². The van der Waals surface area contributed by atoms with Gasteiger partial charge in [0, 0.05) is 6.07 Å². The number of ether oxygens (including phenoxy) is 1. The molecule has 0 aliphatic heterocycles. The van der Waals surface area contributed by atoms with Gasteiger partial charge in [0.1, 0.15) is 17.1 Å². The lowest BCUT2D eigenvalue weighted by atomic mass is 10.1. The monoisotopic (exact) mass is 356 g/mol. The number of aromatic hydroxyl groups is 1. The van der Waals surface area contributed by atoms with Crippen LogP contribution in [0, 0.1) is 5.82 Å². The van der Waals surface area contributed by atoms with Gasteiger partial charge < -0.3 is 19.9 Å². The first-order valence-electron chi connectivity index (χ1n) is 7.41. The van der Waals surface area contributed by atoms with E-state index >= 15 is 0 Å². The quantitative estimate of drug-likeness (QED) is 0.662. The van der Waals surface area contributed by atoms with E-state index in [9.17, 15) is 19.1 Å². The van der Waals surface area contributed by atoms with Gasteiger partial charge in [0.2, 0.25) is 0 Å². The lowest BCUT2D eigenvalue weighted by Gasteiger charge is -2.04. The van der Waals surface area contributed by atoms with Crippen LogP contribution < -0.4 is 10.3 Å². The third-order valence-corrected chi connectivity index (χ3v) is 3.68. The number of H-pyrrole nitrogens is 1. The first kappa shape index (κ1) is 17.2. The van der Waals surface area contributed by atoms with Crippen LogP contribution in [0.15, 0.2) is 35.1 Å². The van der Waals surface area contributed by atoms with E-state index in [-0.39, 0.29) is 33.8 Å². The van der Waals surface area contributed by atoms with Crippen molar-refractivity contribution in [3.8, 4) is 11.5 Å². The van der Waals surface area contributed by atoms with Crippen molar-refractivity contribution in [2.45, 2.75) is 0 Å². The predicted molar refractivity (Wildman–Crippen MR) is 92.9 cm³/mol. The summed E-state index contributed by atoms with van der Waals surface area (Å²) >= 11 is 0. The smallest absolute Gasteiger partial charge is 0.339 e. The Kier molecular flexibility index (Phi) is 4.40. The molecule has 0 radical (unpaired) electrons. The van der Waals surface area contributed by atoms with Crippen molar-refractivity contribution in [3.63, 3.8) is 0 Å². The molecule has 1 heterocycles. The van der Waals surface area contributed by atoms with E-state index in [1.807, 2.05) is 0 Å². The van der Waals surface area contributed by atoms with Gasteiger partial charge in [-0.15, -0.1) is 0 Å². The molecule has 26 heavy (non-hydrogen) atoms. The van der Waals surface area contributed by atoms with Crippen LogP contribution in [0.25, 0.3) is 23.1 Å². The summed E-state index contributed by atoms with van der Waals surface area (Å²) in [6.07, 6.45) is 2.96. The summed E-state index contributed by atoms with van der Waals surface area (Å²) in [6.45, 7) is 0. The van der Waals surface area contributed by atoms with E-state index in [0.29, 0.717) is 5.56 Å². The molecule has 2 aromatic carbocycles. The van der Waals surface area contributed by atoms with E-state index in [4.69, 9.17) is 9.84 Å². The summed E-state index contributed by atoms with van der Waals surface area (Å²) in [5, 5.41) is 18.7. The molecule has 132 valence electrons. The molecule has 3 N–H and O–H groups in total. The Morgan fingerprint density at radius 1 is 1.27 bits per heavy atom. The number of carbonyl (C=O) groups is 1. The number of aromatic carboxylic acids is 1. The number of halogens is 1. The molecule has 3 rings (SSSR count). The van der Waals surface area contributed by atoms with E-state index in [2.05, 4.69) is 9.97 Å². The van der Waals surface area contributed by atoms with E-state index < -0.39 is 17.3 Å². The van der Waals surface area contributed by atoms with Gasteiger partial charge in [0.05, 0.1) is 18.0 Å². The number of benzene rings is 2. The Morgan fingerprint density at radius 3 is 2.73 bits per heavy atom. The minimum Gasteiger partial charge on any atom is -0.507 e. The van der Waals surface area contributed by atoms with Crippen LogP contribution >= 0.6 is 0 Å². The third-order valence-electron chi connectivity index (χ3n) is 3.68.